The van der Waals surface area contributed by atoms with E-state index in [0.29, 0.717) is 18.3 Å². The van der Waals surface area contributed by atoms with Crippen LogP contribution in [-0.4, -0.2) is 32.3 Å². The van der Waals surface area contributed by atoms with Gasteiger partial charge in [0.25, 0.3) is 0 Å². The molecule has 2 N–H and O–H groups in total. The Hall–Kier alpha value is -1.92. The van der Waals surface area contributed by atoms with Gasteiger partial charge in [-0.3, -0.25) is 4.98 Å². The molecule has 1 aliphatic heterocycles. The Morgan fingerprint density at radius 1 is 1.45 bits per heavy atom. The summed E-state index contributed by atoms with van der Waals surface area (Å²) in [4.78, 5) is 8.54. The first-order chi connectivity index (χ1) is 10.6. The molecule has 1 saturated heterocycles. The fraction of sp³-hybridized carbons (Fsp3) is 0.500. The monoisotopic (exact) mass is 302 g/mol. The molecular formula is C16H22N4O2. The molecule has 0 amide bonds. The SMILES string of the molecule is Cc1ccc(O)c(CN[C@@H]2CCO[C@H](c3cncn3C)C2)n1. The third-order valence-electron chi connectivity index (χ3n) is 4.12. The van der Waals surface area contributed by atoms with Crippen LogP contribution in [0.25, 0.3) is 0 Å². The van der Waals surface area contributed by atoms with Crippen LogP contribution in [0.2, 0.25) is 0 Å². The molecule has 0 aromatic carbocycles. The van der Waals surface area contributed by atoms with Gasteiger partial charge in [0.2, 0.25) is 0 Å². The lowest BCUT2D eigenvalue weighted by atomic mass is 10.0. The first-order valence-corrected chi connectivity index (χ1v) is 7.60. The summed E-state index contributed by atoms with van der Waals surface area (Å²) in [5.74, 6) is 0.244. The molecule has 2 aromatic heterocycles. The van der Waals surface area contributed by atoms with E-state index in [1.807, 2.05) is 30.8 Å². The molecule has 2 atom stereocenters. The minimum absolute atomic E-state index is 0.0674. The average molecular weight is 302 g/mol. The quantitative estimate of drug-likeness (QED) is 0.901. The number of aromatic nitrogens is 3. The smallest absolute Gasteiger partial charge is 0.138 e. The zero-order valence-corrected chi connectivity index (χ0v) is 13.0. The molecule has 0 unspecified atom stereocenters. The van der Waals surface area contributed by atoms with Crippen molar-refractivity contribution in [2.24, 2.45) is 7.05 Å². The van der Waals surface area contributed by atoms with Crippen LogP contribution in [0, 0.1) is 6.92 Å². The van der Waals surface area contributed by atoms with Gasteiger partial charge in [-0.2, -0.15) is 0 Å². The molecule has 118 valence electrons. The largest absolute Gasteiger partial charge is 0.506 e. The highest BCUT2D eigenvalue weighted by molar-refractivity contribution is 5.27. The van der Waals surface area contributed by atoms with Gasteiger partial charge in [-0.15, -0.1) is 0 Å². The van der Waals surface area contributed by atoms with Crippen LogP contribution in [0.4, 0.5) is 0 Å². The zero-order valence-electron chi connectivity index (χ0n) is 13.0. The third kappa shape index (κ3) is 3.28. The van der Waals surface area contributed by atoms with Gasteiger partial charge in [0.1, 0.15) is 11.9 Å². The van der Waals surface area contributed by atoms with Crippen molar-refractivity contribution in [3.05, 3.63) is 41.7 Å². The van der Waals surface area contributed by atoms with E-state index in [1.165, 1.54) is 0 Å². The van der Waals surface area contributed by atoms with Crippen LogP contribution in [0.3, 0.4) is 0 Å². The van der Waals surface area contributed by atoms with Gasteiger partial charge in [-0.05, 0) is 31.9 Å². The van der Waals surface area contributed by atoms with Crippen molar-refractivity contribution in [3.63, 3.8) is 0 Å². The van der Waals surface area contributed by atoms with Crippen molar-refractivity contribution in [2.45, 2.75) is 38.5 Å². The Labute approximate surface area is 130 Å². The summed E-state index contributed by atoms with van der Waals surface area (Å²) in [6.45, 7) is 3.22. The number of aryl methyl sites for hydroxylation is 2. The summed E-state index contributed by atoms with van der Waals surface area (Å²) in [6.07, 6.45) is 5.58. The van der Waals surface area contributed by atoms with Crippen LogP contribution in [0.5, 0.6) is 5.75 Å². The summed E-state index contributed by atoms with van der Waals surface area (Å²) in [6, 6.07) is 3.85. The van der Waals surface area contributed by atoms with Gasteiger partial charge in [-0.1, -0.05) is 0 Å². The Morgan fingerprint density at radius 2 is 2.32 bits per heavy atom. The van der Waals surface area contributed by atoms with E-state index in [0.717, 1.165) is 30.8 Å². The molecule has 6 nitrogen and oxygen atoms in total. The number of hydrogen-bond donors (Lipinski definition) is 2. The van der Waals surface area contributed by atoms with E-state index in [-0.39, 0.29) is 11.9 Å². The second-order valence-corrected chi connectivity index (χ2v) is 5.81. The van der Waals surface area contributed by atoms with Gasteiger partial charge in [-0.25, -0.2) is 4.98 Å². The van der Waals surface area contributed by atoms with Crippen molar-refractivity contribution in [1.29, 1.82) is 0 Å². The lowest BCUT2D eigenvalue weighted by molar-refractivity contribution is -0.00411. The van der Waals surface area contributed by atoms with E-state index >= 15 is 0 Å². The molecule has 6 heteroatoms. The molecular weight excluding hydrogens is 280 g/mol. The van der Waals surface area contributed by atoms with Gasteiger partial charge in [0.15, 0.2) is 0 Å². The van der Waals surface area contributed by atoms with Crippen molar-refractivity contribution in [3.8, 4) is 5.75 Å². The van der Waals surface area contributed by atoms with Gasteiger partial charge in [0, 0.05) is 31.9 Å². The van der Waals surface area contributed by atoms with Crippen molar-refractivity contribution < 1.29 is 9.84 Å². The Morgan fingerprint density at radius 3 is 3.09 bits per heavy atom. The number of nitrogens with zero attached hydrogens (tertiary/aromatic N) is 3. The second kappa shape index (κ2) is 6.46. The normalized spacial score (nSPS) is 21.9. The molecule has 3 rings (SSSR count). The topological polar surface area (TPSA) is 72.2 Å². The Kier molecular flexibility index (Phi) is 4.40. The van der Waals surface area contributed by atoms with Crippen LogP contribution >= 0.6 is 0 Å². The highest BCUT2D eigenvalue weighted by Crippen LogP contribution is 2.28. The summed E-state index contributed by atoms with van der Waals surface area (Å²) >= 11 is 0. The standard InChI is InChI=1S/C16H22N4O2/c1-11-3-4-15(21)13(19-11)8-18-12-5-6-22-16(7-12)14-9-17-10-20(14)2/h3-4,9-10,12,16,18,21H,5-8H2,1-2H3/t12-,16+/m1/s1. The van der Waals surface area contributed by atoms with E-state index < -0.39 is 0 Å². The maximum absolute atomic E-state index is 9.86. The molecule has 0 bridgehead atoms. The third-order valence-corrected chi connectivity index (χ3v) is 4.12. The predicted molar refractivity (Wildman–Crippen MR) is 82.4 cm³/mol. The van der Waals surface area contributed by atoms with E-state index in [2.05, 4.69) is 15.3 Å². The highest BCUT2D eigenvalue weighted by Gasteiger charge is 2.25. The maximum atomic E-state index is 9.86. The minimum Gasteiger partial charge on any atom is -0.506 e. The fourth-order valence-electron chi connectivity index (χ4n) is 2.84. The van der Waals surface area contributed by atoms with Crippen LogP contribution < -0.4 is 5.32 Å². The van der Waals surface area contributed by atoms with E-state index in [1.54, 1.807) is 12.4 Å². The lowest BCUT2D eigenvalue weighted by Gasteiger charge is -2.30. The average Bonchev–Trinajstić information content (AvgIpc) is 2.95. The molecule has 22 heavy (non-hydrogen) atoms. The van der Waals surface area contributed by atoms with Crippen molar-refractivity contribution in [1.82, 2.24) is 19.9 Å². The molecule has 1 fully saturated rings. The Balaban J connectivity index is 1.61. The zero-order chi connectivity index (χ0) is 15.5. The van der Waals surface area contributed by atoms with Crippen LogP contribution in [-0.2, 0) is 18.3 Å². The number of aromatic hydroxyl groups is 1. The molecule has 0 spiro atoms. The molecule has 0 saturated carbocycles. The van der Waals surface area contributed by atoms with Gasteiger partial charge < -0.3 is 19.7 Å². The number of hydrogen-bond acceptors (Lipinski definition) is 5. The second-order valence-electron chi connectivity index (χ2n) is 5.81. The molecule has 3 heterocycles. The summed E-state index contributed by atoms with van der Waals surface area (Å²) < 4.78 is 7.86. The number of nitrogens with one attached hydrogen (secondary N) is 1. The number of ether oxygens (including phenoxy) is 1. The summed E-state index contributed by atoms with van der Waals surface area (Å²) in [7, 11) is 1.98. The minimum atomic E-state index is 0.0674. The predicted octanol–water partition coefficient (Wildman–Crippen LogP) is 1.84. The number of rotatable bonds is 4. The molecule has 0 aliphatic carbocycles. The maximum Gasteiger partial charge on any atom is 0.138 e. The molecule has 0 radical (unpaired) electrons. The first-order valence-electron chi connectivity index (χ1n) is 7.60. The van der Waals surface area contributed by atoms with Gasteiger partial charge >= 0.3 is 0 Å². The number of pyridine rings is 1. The van der Waals surface area contributed by atoms with E-state index in [9.17, 15) is 5.11 Å². The number of imidazole rings is 1. The van der Waals surface area contributed by atoms with Crippen LogP contribution in [0.1, 0.15) is 36.0 Å². The summed E-state index contributed by atoms with van der Waals surface area (Å²) in [5, 5.41) is 13.3. The van der Waals surface area contributed by atoms with Crippen molar-refractivity contribution >= 4 is 0 Å². The first kappa shape index (κ1) is 15.0. The summed E-state index contributed by atoms with van der Waals surface area (Å²) in [5.41, 5.74) is 2.71. The van der Waals surface area contributed by atoms with Crippen LogP contribution in [0.15, 0.2) is 24.7 Å². The lowest BCUT2D eigenvalue weighted by Crippen LogP contribution is -2.36. The molecule has 2 aromatic rings. The fourth-order valence-corrected chi connectivity index (χ4v) is 2.84. The van der Waals surface area contributed by atoms with Gasteiger partial charge in [0.05, 0.1) is 23.9 Å². The Bertz CT molecular complexity index is 641. The highest BCUT2D eigenvalue weighted by atomic mass is 16.5. The van der Waals surface area contributed by atoms with E-state index in [4.69, 9.17) is 4.74 Å². The molecule has 1 aliphatic rings. The van der Waals surface area contributed by atoms with Crippen molar-refractivity contribution in [2.75, 3.05) is 6.61 Å².